The summed E-state index contributed by atoms with van der Waals surface area (Å²) >= 11 is 0. The molecule has 2 aliphatic carbocycles. The van der Waals surface area contributed by atoms with E-state index in [1.807, 2.05) is 0 Å². The van der Waals surface area contributed by atoms with Crippen LogP contribution in [0.3, 0.4) is 0 Å². The van der Waals surface area contributed by atoms with Crippen LogP contribution in [0, 0.1) is 16.7 Å². The Balaban J connectivity index is 1.44. The molecule has 0 spiro atoms. The molecule has 2 atom stereocenters. The molecule has 2 N–H and O–H groups in total. The largest absolute Gasteiger partial charge is 0.478 e. The van der Waals surface area contributed by atoms with Crippen LogP contribution < -0.4 is 5.32 Å². The third kappa shape index (κ3) is 3.17. The predicted molar refractivity (Wildman–Crippen MR) is 115 cm³/mol. The molecule has 4 rings (SSSR count). The van der Waals surface area contributed by atoms with E-state index in [9.17, 15) is 9.59 Å². The first kappa shape index (κ1) is 19.4. The predicted octanol–water partition coefficient (Wildman–Crippen LogP) is 5.41. The minimum absolute atomic E-state index is 0.0377. The fraction of sp³-hybridized carbons (Fsp3) is 0.360. The summed E-state index contributed by atoms with van der Waals surface area (Å²) in [6.07, 6.45) is 4.18. The van der Waals surface area contributed by atoms with Gasteiger partial charge in [0.1, 0.15) is 0 Å². The number of carbonyl (C=O) groups excluding carboxylic acids is 1. The van der Waals surface area contributed by atoms with Gasteiger partial charge in [-0.15, -0.1) is 0 Å². The molecule has 2 aromatic carbocycles. The van der Waals surface area contributed by atoms with Gasteiger partial charge in [0, 0.05) is 17.6 Å². The number of hydrogen-bond acceptors (Lipinski definition) is 3. The quantitative estimate of drug-likeness (QED) is 0.672. The number of allylic oxidation sites excluding steroid dienone is 1. The number of aromatic carboxylic acids is 1. The molecule has 2 aliphatic rings. The number of ketones is 1. The zero-order valence-electron chi connectivity index (χ0n) is 17.2. The molecule has 150 valence electrons. The lowest BCUT2D eigenvalue weighted by atomic mass is 9.70. The van der Waals surface area contributed by atoms with Crippen LogP contribution in [0.4, 0.5) is 5.69 Å². The Morgan fingerprint density at radius 2 is 1.76 bits per heavy atom. The minimum Gasteiger partial charge on any atom is -0.478 e. The Morgan fingerprint density at radius 3 is 2.31 bits per heavy atom. The average Bonchev–Trinajstić information content (AvgIpc) is 3.01. The lowest BCUT2D eigenvalue weighted by Gasteiger charge is -2.31. The Bertz CT molecular complexity index is 986. The first-order valence-corrected chi connectivity index (χ1v) is 10.1. The van der Waals surface area contributed by atoms with Crippen molar-refractivity contribution in [2.45, 2.75) is 40.2 Å². The van der Waals surface area contributed by atoms with Gasteiger partial charge in [0.15, 0.2) is 5.78 Å². The summed E-state index contributed by atoms with van der Waals surface area (Å²) in [4.78, 5) is 23.9. The molecule has 2 aromatic rings. The number of carbonyl (C=O) groups is 2. The number of anilines is 1. The van der Waals surface area contributed by atoms with E-state index >= 15 is 0 Å². The third-order valence-electron chi connectivity index (χ3n) is 7.30. The van der Waals surface area contributed by atoms with Crippen LogP contribution in [-0.2, 0) is 11.3 Å². The van der Waals surface area contributed by atoms with E-state index in [4.69, 9.17) is 5.11 Å². The summed E-state index contributed by atoms with van der Waals surface area (Å²) in [5.74, 6) is -0.239. The van der Waals surface area contributed by atoms with Gasteiger partial charge in [-0.1, -0.05) is 45.0 Å². The van der Waals surface area contributed by atoms with Crippen molar-refractivity contribution in [1.29, 1.82) is 0 Å². The van der Waals surface area contributed by atoms with Crippen molar-refractivity contribution in [3.63, 3.8) is 0 Å². The van der Waals surface area contributed by atoms with E-state index < -0.39 is 5.97 Å². The molecule has 0 aromatic heterocycles. The molecule has 2 fully saturated rings. The van der Waals surface area contributed by atoms with E-state index in [0.717, 1.165) is 35.2 Å². The van der Waals surface area contributed by atoms with Crippen LogP contribution in [-0.4, -0.2) is 16.9 Å². The highest BCUT2D eigenvalue weighted by molar-refractivity contribution is 6.07. The Morgan fingerprint density at radius 1 is 1.10 bits per heavy atom. The van der Waals surface area contributed by atoms with E-state index in [1.165, 1.54) is 0 Å². The fourth-order valence-corrected chi connectivity index (χ4v) is 4.94. The summed E-state index contributed by atoms with van der Waals surface area (Å²) in [6, 6.07) is 15.0. The first-order valence-electron chi connectivity index (χ1n) is 10.1. The van der Waals surface area contributed by atoms with E-state index in [-0.39, 0.29) is 16.4 Å². The molecule has 4 heteroatoms. The maximum atomic E-state index is 13.0. The molecule has 29 heavy (non-hydrogen) atoms. The van der Waals surface area contributed by atoms with Gasteiger partial charge in [0.05, 0.1) is 5.56 Å². The Labute approximate surface area is 171 Å². The van der Waals surface area contributed by atoms with Crippen molar-refractivity contribution < 1.29 is 14.7 Å². The van der Waals surface area contributed by atoms with Crippen molar-refractivity contribution in [2.75, 3.05) is 5.32 Å². The second-order valence-electron chi connectivity index (χ2n) is 9.05. The van der Waals surface area contributed by atoms with Crippen LogP contribution in [0.25, 0.3) is 6.08 Å². The lowest BCUT2D eigenvalue weighted by Crippen LogP contribution is -2.32. The van der Waals surface area contributed by atoms with Gasteiger partial charge in [-0.2, -0.15) is 0 Å². The normalized spacial score (nSPS) is 26.1. The third-order valence-corrected chi connectivity index (χ3v) is 7.30. The molecule has 0 aliphatic heterocycles. The second kappa shape index (κ2) is 6.87. The number of rotatable bonds is 5. The van der Waals surface area contributed by atoms with Crippen molar-refractivity contribution in [3.05, 3.63) is 70.8 Å². The highest BCUT2D eigenvalue weighted by Gasteiger charge is 2.63. The van der Waals surface area contributed by atoms with Crippen LogP contribution in [0.15, 0.2) is 54.1 Å². The van der Waals surface area contributed by atoms with Crippen LogP contribution >= 0.6 is 0 Å². The molecular formula is C25H27NO3. The van der Waals surface area contributed by atoms with Gasteiger partial charge in [-0.25, -0.2) is 4.79 Å². The van der Waals surface area contributed by atoms with Crippen molar-refractivity contribution >= 4 is 23.5 Å². The average molecular weight is 389 g/mol. The smallest absolute Gasteiger partial charge is 0.335 e. The number of hydrogen-bond donors (Lipinski definition) is 2. The summed E-state index contributed by atoms with van der Waals surface area (Å²) in [5, 5.41) is 12.3. The Hall–Kier alpha value is -2.88. The van der Waals surface area contributed by atoms with Crippen molar-refractivity contribution in [2.24, 2.45) is 16.7 Å². The van der Waals surface area contributed by atoms with Crippen LogP contribution in [0.1, 0.15) is 55.1 Å². The van der Waals surface area contributed by atoms with Gasteiger partial charge >= 0.3 is 5.97 Å². The van der Waals surface area contributed by atoms with E-state index in [2.05, 4.69) is 56.4 Å². The molecule has 2 saturated carbocycles. The molecule has 2 bridgehead atoms. The van der Waals surface area contributed by atoms with Gasteiger partial charge in [0.25, 0.3) is 0 Å². The number of Topliss-reactive ketones (excluding diaryl/α,β-unsaturated/α-hetero) is 1. The van der Waals surface area contributed by atoms with Gasteiger partial charge in [-0.05, 0) is 71.2 Å². The number of benzene rings is 2. The summed E-state index contributed by atoms with van der Waals surface area (Å²) in [7, 11) is 0. The summed E-state index contributed by atoms with van der Waals surface area (Å²) in [6.45, 7) is 7.26. The number of nitrogens with one attached hydrogen (secondary N) is 1. The van der Waals surface area contributed by atoms with Gasteiger partial charge < -0.3 is 10.4 Å². The summed E-state index contributed by atoms with van der Waals surface area (Å²) < 4.78 is 0. The molecule has 0 saturated heterocycles. The molecule has 0 radical (unpaired) electrons. The lowest BCUT2D eigenvalue weighted by molar-refractivity contribution is -0.125. The number of fused-ring (bicyclic) bond motifs is 2. The molecule has 4 nitrogen and oxygen atoms in total. The van der Waals surface area contributed by atoms with Crippen molar-refractivity contribution in [1.82, 2.24) is 0 Å². The van der Waals surface area contributed by atoms with Gasteiger partial charge in [-0.3, -0.25) is 4.79 Å². The zero-order chi connectivity index (χ0) is 20.8. The highest BCUT2D eigenvalue weighted by Crippen LogP contribution is 2.65. The topological polar surface area (TPSA) is 66.4 Å². The van der Waals surface area contributed by atoms with Crippen molar-refractivity contribution in [3.8, 4) is 0 Å². The molecule has 0 amide bonds. The number of carboxylic acid groups (broad SMARTS) is 1. The van der Waals surface area contributed by atoms with Crippen LogP contribution in [0.2, 0.25) is 0 Å². The standard InChI is InChI=1S/C25H27NO3/c1-24(2)21-12-13-25(24,3)22(27)20(21)14-16-4-6-17(7-5-16)15-26-19-10-8-18(9-11-19)23(28)29/h4-11,14,21,26H,12-13,15H2,1-3H3,(H,28,29). The maximum Gasteiger partial charge on any atom is 0.335 e. The summed E-state index contributed by atoms with van der Waals surface area (Å²) in [5.41, 5.74) is 4.16. The van der Waals surface area contributed by atoms with Gasteiger partial charge in [0.2, 0.25) is 0 Å². The minimum atomic E-state index is -0.924. The number of carboxylic acids is 1. The SMILES string of the molecule is CC12CCC(C(=Cc3ccc(CNc4ccc(C(=O)O)cc4)cc3)C1=O)C2(C)C. The molecular weight excluding hydrogens is 362 g/mol. The fourth-order valence-electron chi connectivity index (χ4n) is 4.94. The molecule has 0 heterocycles. The second-order valence-corrected chi connectivity index (χ2v) is 9.05. The molecule has 2 unspecified atom stereocenters. The zero-order valence-corrected chi connectivity index (χ0v) is 17.2. The van der Waals surface area contributed by atoms with E-state index in [0.29, 0.717) is 18.2 Å². The Kier molecular flexibility index (Phi) is 4.60. The maximum absolute atomic E-state index is 13.0. The van der Waals surface area contributed by atoms with E-state index in [1.54, 1.807) is 24.3 Å². The highest BCUT2D eigenvalue weighted by atomic mass is 16.4. The van der Waals surface area contributed by atoms with Crippen LogP contribution in [0.5, 0.6) is 0 Å². The monoisotopic (exact) mass is 389 g/mol. The first-order chi connectivity index (χ1) is 13.7.